The Morgan fingerprint density at radius 3 is 2.94 bits per heavy atom. The number of carbonyl (C=O) groups is 1. The van der Waals surface area contributed by atoms with Crippen LogP contribution in [0.5, 0.6) is 0 Å². The number of hydrogen-bond acceptors (Lipinski definition) is 5. The number of rotatable bonds is 6. The van der Waals surface area contributed by atoms with Crippen LogP contribution in [0.3, 0.4) is 0 Å². The summed E-state index contributed by atoms with van der Waals surface area (Å²) < 4.78 is 9.96. The molecule has 1 aliphatic carbocycles. The van der Waals surface area contributed by atoms with E-state index in [0.717, 1.165) is 0 Å². The Labute approximate surface area is 109 Å². The maximum Gasteiger partial charge on any atom is 0.309 e. The zero-order valence-corrected chi connectivity index (χ0v) is 10.6. The van der Waals surface area contributed by atoms with Gasteiger partial charge in [-0.1, -0.05) is 11.6 Å². The quantitative estimate of drug-likeness (QED) is 0.421. The summed E-state index contributed by atoms with van der Waals surface area (Å²) in [6.45, 7) is 2.09. The minimum atomic E-state index is -0.516. The molecule has 0 aromatic heterocycles. The zero-order valence-electron chi connectivity index (χ0n) is 9.85. The highest BCUT2D eigenvalue weighted by molar-refractivity contribution is 6.30. The molecular weight excluding hydrogens is 262 g/mol. The molecule has 0 spiro atoms. The molecule has 0 aromatic carbocycles. The molecule has 1 radical (unpaired) electrons. The third-order valence-corrected chi connectivity index (χ3v) is 2.46. The van der Waals surface area contributed by atoms with Gasteiger partial charge in [0.25, 0.3) is 5.70 Å². The van der Waals surface area contributed by atoms with Gasteiger partial charge in [0.05, 0.1) is 42.1 Å². The van der Waals surface area contributed by atoms with Crippen molar-refractivity contribution < 1.29 is 19.2 Å². The fourth-order valence-electron chi connectivity index (χ4n) is 1.29. The second-order valence-electron chi connectivity index (χ2n) is 3.41. The second kappa shape index (κ2) is 7.00. The van der Waals surface area contributed by atoms with Crippen LogP contribution in [0, 0.1) is 16.5 Å². The number of halogens is 1. The summed E-state index contributed by atoms with van der Waals surface area (Å²) >= 11 is 5.87. The maximum absolute atomic E-state index is 11.1. The minimum Gasteiger partial charge on any atom is -0.492 e. The molecule has 0 saturated heterocycles. The lowest BCUT2D eigenvalue weighted by Crippen LogP contribution is -2.10. The van der Waals surface area contributed by atoms with Crippen LogP contribution < -0.4 is 0 Å². The molecule has 0 atom stereocenters. The van der Waals surface area contributed by atoms with Crippen molar-refractivity contribution in [1.82, 2.24) is 0 Å². The molecule has 0 heterocycles. The van der Waals surface area contributed by atoms with Crippen molar-refractivity contribution in [3.63, 3.8) is 0 Å². The number of nitrogens with zero attached hydrogens (tertiary/aromatic N) is 1. The molecule has 0 aromatic rings. The van der Waals surface area contributed by atoms with Gasteiger partial charge in [-0.2, -0.15) is 0 Å². The molecule has 7 heteroatoms. The summed E-state index contributed by atoms with van der Waals surface area (Å²) in [6, 6.07) is 0. The summed E-state index contributed by atoms with van der Waals surface area (Å²) in [5, 5.41) is 11.0. The van der Waals surface area contributed by atoms with Gasteiger partial charge in [0.1, 0.15) is 5.76 Å². The van der Waals surface area contributed by atoms with Crippen LogP contribution in [0.2, 0.25) is 0 Å². The van der Waals surface area contributed by atoms with Gasteiger partial charge in [-0.05, 0) is 6.92 Å². The minimum absolute atomic E-state index is 0.0643. The van der Waals surface area contributed by atoms with Crippen molar-refractivity contribution in [1.29, 1.82) is 0 Å². The van der Waals surface area contributed by atoms with Gasteiger partial charge in [0.2, 0.25) is 0 Å². The standard InChI is InChI=1S/C11H13ClNO5/c1-2-17-11(14)5-6-18-10-7-8(13(15)16)3-4-9(10)12/h3,7H,2,4-6H2,1H3. The summed E-state index contributed by atoms with van der Waals surface area (Å²) in [7, 11) is 0. The third kappa shape index (κ3) is 4.37. The van der Waals surface area contributed by atoms with E-state index in [1.807, 2.05) is 0 Å². The Balaban J connectivity index is 2.50. The van der Waals surface area contributed by atoms with Gasteiger partial charge in [0.15, 0.2) is 0 Å². The van der Waals surface area contributed by atoms with Gasteiger partial charge < -0.3 is 9.47 Å². The molecule has 0 amide bonds. The van der Waals surface area contributed by atoms with Crippen LogP contribution in [-0.2, 0) is 14.3 Å². The monoisotopic (exact) mass is 274 g/mol. The van der Waals surface area contributed by atoms with Gasteiger partial charge in [-0.15, -0.1) is 0 Å². The average molecular weight is 275 g/mol. The van der Waals surface area contributed by atoms with E-state index in [9.17, 15) is 14.9 Å². The Hall–Kier alpha value is -1.56. The normalized spacial score (nSPS) is 15.1. The molecule has 0 unspecified atom stereocenters. The SMILES string of the molecule is CCOC(=O)CCOC1=C(Cl)C[CH]C([N+](=O)[O-])=C1. The first kappa shape index (κ1) is 14.5. The molecular formula is C11H13ClNO5. The van der Waals surface area contributed by atoms with Crippen molar-refractivity contribution in [2.75, 3.05) is 13.2 Å². The molecule has 0 N–H and O–H groups in total. The van der Waals surface area contributed by atoms with E-state index in [0.29, 0.717) is 11.6 Å². The summed E-state index contributed by atoms with van der Waals surface area (Å²) in [5.41, 5.74) is -0.0643. The van der Waals surface area contributed by atoms with Crippen LogP contribution in [0.4, 0.5) is 0 Å². The van der Waals surface area contributed by atoms with Crippen molar-refractivity contribution in [2.24, 2.45) is 0 Å². The van der Waals surface area contributed by atoms with E-state index >= 15 is 0 Å². The first-order chi connectivity index (χ1) is 8.54. The summed E-state index contributed by atoms with van der Waals surface area (Å²) in [6.07, 6.45) is 2.98. The van der Waals surface area contributed by atoms with E-state index in [1.54, 1.807) is 6.92 Å². The van der Waals surface area contributed by atoms with E-state index in [2.05, 4.69) is 0 Å². The maximum atomic E-state index is 11.1. The number of nitro groups is 1. The topological polar surface area (TPSA) is 78.7 Å². The Kier molecular flexibility index (Phi) is 5.64. The molecule has 0 bridgehead atoms. The lowest BCUT2D eigenvalue weighted by atomic mass is 10.1. The smallest absolute Gasteiger partial charge is 0.309 e. The van der Waals surface area contributed by atoms with Crippen molar-refractivity contribution in [2.45, 2.75) is 19.8 Å². The number of esters is 1. The van der Waals surface area contributed by atoms with Crippen LogP contribution in [0.15, 0.2) is 22.6 Å². The lowest BCUT2D eigenvalue weighted by Gasteiger charge is -2.12. The molecule has 6 nitrogen and oxygen atoms in total. The van der Waals surface area contributed by atoms with Gasteiger partial charge in [-0.3, -0.25) is 14.9 Å². The van der Waals surface area contributed by atoms with Crippen molar-refractivity contribution in [3.05, 3.63) is 39.1 Å². The summed E-state index contributed by atoms with van der Waals surface area (Å²) in [5.74, 6) is -0.148. The molecule has 1 aliphatic rings. The predicted molar refractivity (Wildman–Crippen MR) is 64.1 cm³/mol. The fraction of sp³-hybridized carbons (Fsp3) is 0.455. The summed E-state index contributed by atoms with van der Waals surface area (Å²) in [4.78, 5) is 21.1. The van der Waals surface area contributed by atoms with E-state index in [-0.39, 0.29) is 36.9 Å². The van der Waals surface area contributed by atoms with Gasteiger partial charge in [0, 0.05) is 6.42 Å². The van der Waals surface area contributed by atoms with Gasteiger partial charge >= 0.3 is 5.97 Å². The first-order valence-corrected chi connectivity index (χ1v) is 5.78. The van der Waals surface area contributed by atoms with E-state index in [4.69, 9.17) is 21.1 Å². The van der Waals surface area contributed by atoms with Crippen LogP contribution in [0.25, 0.3) is 0 Å². The first-order valence-electron chi connectivity index (χ1n) is 5.41. The van der Waals surface area contributed by atoms with Crippen LogP contribution in [0.1, 0.15) is 19.8 Å². The number of allylic oxidation sites excluding steroid dienone is 3. The number of ether oxygens (including phenoxy) is 2. The Bertz CT molecular complexity index is 402. The second-order valence-corrected chi connectivity index (χ2v) is 3.86. The third-order valence-electron chi connectivity index (χ3n) is 2.12. The Morgan fingerprint density at radius 2 is 2.33 bits per heavy atom. The van der Waals surface area contributed by atoms with Crippen molar-refractivity contribution in [3.8, 4) is 0 Å². The van der Waals surface area contributed by atoms with Crippen molar-refractivity contribution >= 4 is 17.6 Å². The van der Waals surface area contributed by atoms with Crippen LogP contribution >= 0.6 is 11.6 Å². The predicted octanol–water partition coefficient (Wildman–Crippen LogP) is 2.18. The van der Waals surface area contributed by atoms with E-state index < -0.39 is 4.92 Å². The molecule has 1 rings (SSSR count). The largest absolute Gasteiger partial charge is 0.492 e. The van der Waals surface area contributed by atoms with Gasteiger partial charge in [-0.25, -0.2) is 0 Å². The molecule has 0 saturated carbocycles. The van der Waals surface area contributed by atoms with Crippen LogP contribution in [-0.4, -0.2) is 24.1 Å². The fourth-order valence-corrected chi connectivity index (χ4v) is 1.48. The molecule has 18 heavy (non-hydrogen) atoms. The highest BCUT2D eigenvalue weighted by Gasteiger charge is 2.21. The number of hydrogen-bond donors (Lipinski definition) is 0. The number of carbonyl (C=O) groups excluding carboxylic acids is 1. The average Bonchev–Trinajstić information content (AvgIpc) is 2.31. The lowest BCUT2D eigenvalue weighted by molar-refractivity contribution is -0.422. The van der Waals surface area contributed by atoms with E-state index in [1.165, 1.54) is 12.5 Å². The molecule has 0 aliphatic heterocycles. The molecule has 99 valence electrons. The highest BCUT2D eigenvalue weighted by atomic mass is 35.5. The highest BCUT2D eigenvalue weighted by Crippen LogP contribution is 2.26. The Morgan fingerprint density at radius 1 is 1.61 bits per heavy atom. The molecule has 0 fully saturated rings. The zero-order chi connectivity index (χ0) is 13.5.